The quantitative estimate of drug-likeness (QED) is 0.680. The number of ether oxygens (including phenoxy) is 1. The summed E-state index contributed by atoms with van der Waals surface area (Å²) in [5.41, 5.74) is 3.20. The molecular weight excluding hydrogens is 271 g/mol. The Morgan fingerprint density at radius 2 is 2.22 bits per heavy atom. The highest BCUT2D eigenvalue weighted by atomic mass is 35.5. The summed E-state index contributed by atoms with van der Waals surface area (Å²) < 4.78 is 40.9. The van der Waals surface area contributed by atoms with Crippen molar-refractivity contribution in [2.45, 2.75) is 18.7 Å². The monoisotopic (exact) mass is 281 g/mol. The van der Waals surface area contributed by atoms with E-state index < -0.39 is 12.8 Å². The molecule has 1 unspecified atom stereocenters. The van der Waals surface area contributed by atoms with Crippen molar-refractivity contribution in [3.05, 3.63) is 28.8 Å². The van der Waals surface area contributed by atoms with E-state index in [1.165, 1.54) is 0 Å². The maximum absolute atomic E-state index is 11.8. The minimum Gasteiger partial charge on any atom is -0.488 e. The maximum atomic E-state index is 11.8. The number of nitrogens with one attached hydrogen (secondary N) is 1. The number of benzene rings is 1. The standard InChI is InChI=1S/C11H11ClF3NO2/c12-8-1-2-10-7(3-8)4-9(18-10)5-16-17-6-11(13,14)15/h1-3,9,16H,4-6H2. The molecule has 100 valence electrons. The van der Waals surface area contributed by atoms with Crippen LogP contribution in [0, 0.1) is 0 Å². The summed E-state index contributed by atoms with van der Waals surface area (Å²) >= 11 is 5.83. The van der Waals surface area contributed by atoms with Crippen LogP contribution in [0.2, 0.25) is 5.02 Å². The van der Waals surface area contributed by atoms with Gasteiger partial charge >= 0.3 is 6.18 Å². The summed E-state index contributed by atoms with van der Waals surface area (Å²) in [5, 5.41) is 0.610. The van der Waals surface area contributed by atoms with Crippen molar-refractivity contribution in [1.29, 1.82) is 0 Å². The lowest BCUT2D eigenvalue weighted by molar-refractivity contribution is -0.190. The van der Waals surface area contributed by atoms with Crippen molar-refractivity contribution >= 4 is 11.6 Å². The lowest BCUT2D eigenvalue weighted by Crippen LogP contribution is -2.33. The topological polar surface area (TPSA) is 30.5 Å². The third kappa shape index (κ3) is 3.76. The van der Waals surface area contributed by atoms with Crippen LogP contribution in [0.15, 0.2) is 18.2 Å². The summed E-state index contributed by atoms with van der Waals surface area (Å²) in [5.74, 6) is 0.710. The molecule has 3 nitrogen and oxygen atoms in total. The number of hydrogen-bond acceptors (Lipinski definition) is 3. The van der Waals surface area contributed by atoms with Gasteiger partial charge in [-0.3, -0.25) is 4.84 Å². The fourth-order valence-corrected chi connectivity index (χ4v) is 1.88. The van der Waals surface area contributed by atoms with Gasteiger partial charge in [-0.25, -0.2) is 0 Å². The Labute approximate surface area is 107 Å². The van der Waals surface area contributed by atoms with Gasteiger partial charge in [-0.1, -0.05) is 11.6 Å². The molecule has 0 saturated heterocycles. The van der Waals surface area contributed by atoms with Crippen molar-refractivity contribution < 1.29 is 22.7 Å². The van der Waals surface area contributed by atoms with E-state index in [9.17, 15) is 13.2 Å². The number of alkyl halides is 3. The Bertz CT molecular complexity index is 425. The lowest BCUT2D eigenvalue weighted by atomic mass is 10.1. The zero-order chi connectivity index (χ0) is 13.2. The molecule has 0 aromatic heterocycles. The summed E-state index contributed by atoms with van der Waals surface area (Å²) in [6, 6.07) is 5.23. The van der Waals surface area contributed by atoms with Gasteiger partial charge in [0.05, 0.1) is 6.54 Å². The minimum atomic E-state index is -4.33. The first kappa shape index (κ1) is 13.5. The van der Waals surface area contributed by atoms with Crippen LogP contribution < -0.4 is 10.2 Å². The van der Waals surface area contributed by atoms with Gasteiger partial charge in [0.15, 0.2) is 6.61 Å². The molecule has 1 atom stereocenters. The van der Waals surface area contributed by atoms with E-state index in [1.807, 2.05) is 0 Å². The molecule has 1 aliphatic heterocycles. The molecule has 1 heterocycles. The molecular formula is C11H11ClF3NO2. The van der Waals surface area contributed by atoms with Crippen molar-refractivity contribution in [2.24, 2.45) is 0 Å². The summed E-state index contributed by atoms with van der Waals surface area (Å²) in [6.45, 7) is -1.14. The minimum absolute atomic E-state index is 0.183. The van der Waals surface area contributed by atoms with E-state index in [0.717, 1.165) is 5.56 Å². The zero-order valence-corrected chi connectivity index (χ0v) is 10.0. The smallest absolute Gasteiger partial charge is 0.413 e. The Balaban J connectivity index is 1.75. The molecule has 0 fully saturated rings. The van der Waals surface area contributed by atoms with Gasteiger partial charge in [0.1, 0.15) is 11.9 Å². The molecule has 1 N–H and O–H groups in total. The van der Waals surface area contributed by atoms with Crippen molar-refractivity contribution in [2.75, 3.05) is 13.2 Å². The van der Waals surface area contributed by atoms with E-state index >= 15 is 0 Å². The van der Waals surface area contributed by atoms with Gasteiger partial charge in [-0.05, 0) is 23.8 Å². The van der Waals surface area contributed by atoms with Crippen molar-refractivity contribution in [3.63, 3.8) is 0 Å². The van der Waals surface area contributed by atoms with Crippen LogP contribution in [-0.2, 0) is 11.3 Å². The van der Waals surface area contributed by atoms with E-state index in [4.69, 9.17) is 16.3 Å². The Morgan fingerprint density at radius 1 is 1.44 bits per heavy atom. The van der Waals surface area contributed by atoms with Gasteiger partial charge < -0.3 is 4.74 Å². The lowest BCUT2D eigenvalue weighted by Gasteiger charge is -2.12. The number of halogens is 4. The summed E-state index contributed by atoms with van der Waals surface area (Å²) in [4.78, 5) is 4.30. The highest BCUT2D eigenvalue weighted by Crippen LogP contribution is 2.30. The predicted molar refractivity (Wildman–Crippen MR) is 59.6 cm³/mol. The number of fused-ring (bicyclic) bond motifs is 1. The molecule has 1 aliphatic rings. The van der Waals surface area contributed by atoms with Crippen LogP contribution in [0.4, 0.5) is 13.2 Å². The van der Waals surface area contributed by atoms with Gasteiger partial charge in [-0.15, -0.1) is 0 Å². The second kappa shape index (κ2) is 5.34. The predicted octanol–water partition coefficient (Wildman–Crippen LogP) is 2.73. The van der Waals surface area contributed by atoms with Crippen molar-refractivity contribution in [1.82, 2.24) is 5.48 Å². The zero-order valence-electron chi connectivity index (χ0n) is 9.26. The molecule has 0 bridgehead atoms. The number of rotatable bonds is 4. The van der Waals surface area contributed by atoms with Crippen LogP contribution in [0.5, 0.6) is 5.75 Å². The molecule has 0 amide bonds. The molecule has 7 heteroatoms. The normalized spacial score (nSPS) is 18.6. The van der Waals surface area contributed by atoms with Gasteiger partial charge in [0.2, 0.25) is 0 Å². The molecule has 2 rings (SSSR count). The second-order valence-corrected chi connectivity index (χ2v) is 4.38. The van der Waals surface area contributed by atoms with Gasteiger partial charge in [-0.2, -0.15) is 18.7 Å². The fraction of sp³-hybridized carbons (Fsp3) is 0.455. The average Bonchev–Trinajstić information content (AvgIpc) is 2.65. The third-order valence-corrected chi connectivity index (χ3v) is 2.65. The molecule has 1 aromatic carbocycles. The van der Waals surface area contributed by atoms with Crippen LogP contribution in [-0.4, -0.2) is 25.4 Å². The average molecular weight is 282 g/mol. The second-order valence-electron chi connectivity index (χ2n) is 3.95. The Hall–Kier alpha value is -0.980. The first-order chi connectivity index (χ1) is 8.44. The van der Waals surface area contributed by atoms with E-state index in [0.29, 0.717) is 17.2 Å². The largest absolute Gasteiger partial charge is 0.488 e. The first-order valence-corrected chi connectivity index (χ1v) is 5.68. The fourth-order valence-electron chi connectivity index (χ4n) is 1.69. The van der Waals surface area contributed by atoms with E-state index in [1.54, 1.807) is 18.2 Å². The third-order valence-electron chi connectivity index (χ3n) is 2.41. The molecule has 0 spiro atoms. The van der Waals surface area contributed by atoms with Crippen LogP contribution in [0.25, 0.3) is 0 Å². The van der Waals surface area contributed by atoms with Crippen LogP contribution in [0.1, 0.15) is 5.56 Å². The highest BCUT2D eigenvalue weighted by molar-refractivity contribution is 6.30. The molecule has 0 aliphatic carbocycles. The SMILES string of the molecule is FC(F)(F)CONCC1Cc2cc(Cl)ccc2O1. The van der Waals surface area contributed by atoms with Crippen LogP contribution >= 0.6 is 11.6 Å². The van der Waals surface area contributed by atoms with Gasteiger partial charge in [0.25, 0.3) is 0 Å². The maximum Gasteiger partial charge on any atom is 0.413 e. The molecule has 0 radical (unpaired) electrons. The molecule has 0 saturated carbocycles. The van der Waals surface area contributed by atoms with Gasteiger partial charge in [0, 0.05) is 11.4 Å². The molecule has 1 aromatic rings. The highest BCUT2D eigenvalue weighted by Gasteiger charge is 2.28. The number of hydrogen-bond donors (Lipinski definition) is 1. The Kier molecular flexibility index (Phi) is 3.99. The Morgan fingerprint density at radius 3 is 2.94 bits per heavy atom. The van der Waals surface area contributed by atoms with E-state index in [2.05, 4.69) is 10.3 Å². The summed E-state index contributed by atoms with van der Waals surface area (Å²) in [6.07, 6.45) is -3.98. The number of hydroxylamine groups is 1. The van der Waals surface area contributed by atoms with Crippen LogP contribution in [0.3, 0.4) is 0 Å². The van der Waals surface area contributed by atoms with Crippen molar-refractivity contribution in [3.8, 4) is 5.75 Å². The first-order valence-electron chi connectivity index (χ1n) is 5.30. The van der Waals surface area contributed by atoms with E-state index in [-0.39, 0.29) is 12.6 Å². The summed E-state index contributed by atoms with van der Waals surface area (Å²) in [7, 11) is 0. The molecule has 18 heavy (non-hydrogen) atoms.